The number of ether oxygens (including phenoxy) is 1. The summed E-state index contributed by atoms with van der Waals surface area (Å²) in [5.74, 6) is -1.04. The Morgan fingerprint density at radius 2 is 1.86 bits per heavy atom. The van der Waals surface area contributed by atoms with Crippen molar-refractivity contribution in [1.29, 1.82) is 0 Å². The molecule has 0 spiro atoms. The number of nitrogens with one attached hydrogen (secondary N) is 2. The normalized spacial score (nSPS) is 11.4. The van der Waals surface area contributed by atoms with Gasteiger partial charge in [-0.2, -0.15) is 0 Å². The highest BCUT2D eigenvalue weighted by Crippen LogP contribution is 2.12. The zero-order chi connectivity index (χ0) is 16.5. The van der Waals surface area contributed by atoms with Gasteiger partial charge in [0.2, 0.25) is 11.8 Å². The molecule has 7 heteroatoms. The standard InChI is InChI=1S/C15H20N2O5/c1-10(17-11(2)18)15(21)16-8-7-12-3-5-13(6-4-12)22-9-14(19)20/h3-6,10H,7-9H2,1-2H3,(H,16,21)(H,17,18)(H,19,20). The Morgan fingerprint density at radius 1 is 1.23 bits per heavy atom. The second kappa shape index (κ2) is 8.66. The summed E-state index contributed by atoms with van der Waals surface area (Å²) in [5.41, 5.74) is 0.982. The SMILES string of the molecule is CC(=O)NC(C)C(=O)NCCc1ccc(OCC(=O)O)cc1. The van der Waals surface area contributed by atoms with E-state index < -0.39 is 12.0 Å². The molecule has 0 heterocycles. The van der Waals surface area contributed by atoms with E-state index in [9.17, 15) is 14.4 Å². The number of carbonyl (C=O) groups excluding carboxylic acids is 2. The van der Waals surface area contributed by atoms with E-state index in [0.29, 0.717) is 18.7 Å². The largest absolute Gasteiger partial charge is 0.482 e. The van der Waals surface area contributed by atoms with Crippen LogP contribution in [0.15, 0.2) is 24.3 Å². The molecular formula is C15H20N2O5. The molecule has 1 rings (SSSR count). The third-order valence-corrected chi connectivity index (χ3v) is 2.81. The fourth-order valence-electron chi connectivity index (χ4n) is 1.75. The summed E-state index contributed by atoms with van der Waals surface area (Å²) in [4.78, 5) is 32.9. The lowest BCUT2D eigenvalue weighted by molar-refractivity contribution is -0.139. The van der Waals surface area contributed by atoms with Gasteiger partial charge in [0, 0.05) is 13.5 Å². The van der Waals surface area contributed by atoms with Gasteiger partial charge in [0.05, 0.1) is 0 Å². The monoisotopic (exact) mass is 308 g/mol. The van der Waals surface area contributed by atoms with Crippen LogP contribution in [0.25, 0.3) is 0 Å². The van der Waals surface area contributed by atoms with Gasteiger partial charge in [-0.3, -0.25) is 9.59 Å². The Balaban J connectivity index is 2.34. The number of carbonyl (C=O) groups is 3. The summed E-state index contributed by atoms with van der Waals surface area (Å²) in [6, 6.07) is 6.41. The van der Waals surface area contributed by atoms with Gasteiger partial charge in [-0.1, -0.05) is 12.1 Å². The molecule has 0 saturated carbocycles. The molecule has 1 unspecified atom stereocenters. The fraction of sp³-hybridized carbons (Fsp3) is 0.400. The topological polar surface area (TPSA) is 105 Å². The van der Waals surface area contributed by atoms with Gasteiger partial charge in [0.25, 0.3) is 0 Å². The highest BCUT2D eigenvalue weighted by atomic mass is 16.5. The number of hydrogen-bond donors (Lipinski definition) is 3. The third kappa shape index (κ3) is 6.74. The van der Waals surface area contributed by atoms with Crippen molar-refractivity contribution in [3.8, 4) is 5.75 Å². The molecule has 0 aliphatic heterocycles. The zero-order valence-electron chi connectivity index (χ0n) is 12.6. The number of carboxylic acid groups (broad SMARTS) is 1. The van der Waals surface area contributed by atoms with Crippen LogP contribution in [0.3, 0.4) is 0 Å². The summed E-state index contributed by atoms with van der Waals surface area (Å²) in [6.45, 7) is 3.04. The molecule has 7 nitrogen and oxygen atoms in total. The van der Waals surface area contributed by atoms with Crippen molar-refractivity contribution in [2.45, 2.75) is 26.3 Å². The average Bonchev–Trinajstić information content (AvgIpc) is 2.45. The summed E-state index contributed by atoms with van der Waals surface area (Å²) in [5, 5.41) is 13.7. The summed E-state index contributed by atoms with van der Waals surface area (Å²) in [6.07, 6.45) is 0.623. The van der Waals surface area contributed by atoms with Crippen LogP contribution < -0.4 is 15.4 Å². The van der Waals surface area contributed by atoms with Gasteiger partial charge in [0.1, 0.15) is 11.8 Å². The summed E-state index contributed by atoms with van der Waals surface area (Å²) >= 11 is 0. The molecule has 1 aromatic rings. The van der Waals surface area contributed by atoms with Crippen molar-refractivity contribution in [3.63, 3.8) is 0 Å². The molecule has 1 atom stereocenters. The zero-order valence-corrected chi connectivity index (χ0v) is 12.6. The number of hydrogen-bond acceptors (Lipinski definition) is 4. The first-order chi connectivity index (χ1) is 10.4. The van der Waals surface area contributed by atoms with E-state index in [1.54, 1.807) is 31.2 Å². The second-order valence-corrected chi connectivity index (χ2v) is 4.79. The van der Waals surface area contributed by atoms with Crippen molar-refractivity contribution in [3.05, 3.63) is 29.8 Å². The molecular weight excluding hydrogens is 288 g/mol. The van der Waals surface area contributed by atoms with Crippen molar-refractivity contribution >= 4 is 17.8 Å². The van der Waals surface area contributed by atoms with Crippen LogP contribution in [0.1, 0.15) is 19.4 Å². The van der Waals surface area contributed by atoms with Crippen molar-refractivity contribution in [2.75, 3.05) is 13.2 Å². The van der Waals surface area contributed by atoms with Crippen LogP contribution in [0.4, 0.5) is 0 Å². The van der Waals surface area contributed by atoms with E-state index in [2.05, 4.69) is 10.6 Å². The fourth-order valence-corrected chi connectivity index (χ4v) is 1.75. The number of amides is 2. The second-order valence-electron chi connectivity index (χ2n) is 4.79. The number of aliphatic carboxylic acids is 1. The molecule has 0 saturated heterocycles. The smallest absolute Gasteiger partial charge is 0.341 e. The predicted molar refractivity (Wildman–Crippen MR) is 79.6 cm³/mol. The molecule has 22 heavy (non-hydrogen) atoms. The van der Waals surface area contributed by atoms with Gasteiger partial charge in [-0.15, -0.1) is 0 Å². The van der Waals surface area contributed by atoms with Crippen LogP contribution >= 0.6 is 0 Å². The van der Waals surface area contributed by atoms with Crippen molar-refractivity contribution in [2.24, 2.45) is 0 Å². The van der Waals surface area contributed by atoms with E-state index in [0.717, 1.165) is 5.56 Å². The van der Waals surface area contributed by atoms with E-state index in [-0.39, 0.29) is 18.4 Å². The van der Waals surface area contributed by atoms with Crippen LogP contribution in [0, 0.1) is 0 Å². The number of carboxylic acids is 1. The third-order valence-electron chi connectivity index (χ3n) is 2.81. The average molecular weight is 308 g/mol. The summed E-state index contributed by atoms with van der Waals surface area (Å²) in [7, 11) is 0. The first kappa shape index (κ1) is 17.5. The van der Waals surface area contributed by atoms with Crippen LogP contribution in [0.5, 0.6) is 5.75 Å². The molecule has 1 aromatic carbocycles. The number of rotatable bonds is 8. The van der Waals surface area contributed by atoms with Crippen molar-refractivity contribution in [1.82, 2.24) is 10.6 Å². The Kier molecular flexibility index (Phi) is 6.88. The maximum Gasteiger partial charge on any atom is 0.341 e. The predicted octanol–water partition coefficient (Wildman–Crippen LogP) is 0.333. The molecule has 0 fully saturated rings. The molecule has 0 bridgehead atoms. The minimum absolute atomic E-state index is 0.239. The van der Waals surface area contributed by atoms with Gasteiger partial charge >= 0.3 is 5.97 Å². The molecule has 3 N–H and O–H groups in total. The van der Waals surface area contributed by atoms with Crippen LogP contribution in [-0.4, -0.2) is 42.1 Å². The molecule has 0 aliphatic rings. The van der Waals surface area contributed by atoms with Gasteiger partial charge in [-0.05, 0) is 31.0 Å². The Bertz CT molecular complexity index is 527. The Hall–Kier alpha value is -2.57. The quantitative estimate of drug-likeness (QED) is 0.642. The van der Waals surface area contributed by atoms with Gasteiger partial charge < -0.3 is 20.5 Å². The minimum Gasteiger partial charge on any atom is -0.482 e. The summed E-state index contributed by atoms with van der Waals surface area (Å²) < 4.78 is 5.02. The van der Waals surface area contributed by atoms with Crippen molar-refractivity contribution < 1.29 is 24.2 Å². The molecule has 0 aliphatic carbocycles. The lowest BCUT2D eigenvalue weighted by Gasteiger charge is -2.12. The van der Waals surface area contributed by atoms with Gasteiger partial charge in [0.15, 0.2) is 6.61 Å². The number of benzene rings is 1. The highest BCUT2D eigenvalue weighted by Gasteiger charge is 2.12. The first-order valence-electron chi connectivity index (χ1n) is 6.87. The van der Waals surface area contributed by atoms with E-state index in [1.165, 1.54) is 6.92 Å². The maximum atomic E-state index is 11.7. The van der Waals surface area contributed by atoms with E-state index in [4.69, 9.17) is 9.84 Å². The molecule has 2 amide bonds. The lowest BCUT2D eigenvalue weighted by Crippen LogP contribution is -2.44. The van der Waals surface area contributed by atoms with Crippen LogP contribution in [-0.2, 0) is 20.8 Å². The lowest BCUT2D eigenvalue weighted by atomic mass is 10.1. The molecule has 120 valence electrons. The molecule has 0 aromatic heterocycles. The maximum absolute atomic E-state index is 11.7. The van der Waals surface area contributed by atoms with E-state index >= 15 is 0 Å². The Labute approximate surface area is 128 Å². The van der Waals surface area contributed by atoms with Crippen LogP contribution in [0.2, 0.25) is 0 Å². The highest BCUT2D eigenvalue weighted by molar-refractivity contribution is 5.86. The Morgan fingerprint density at radius 3 is 2.41 bits per heavy atom. The van der Waals surface area contributed by atoms with E-state index in [1.807, 2.05) is 0 Å². The first-order valence-corrected chi connectivity index (χ1v) is 6.87. The van der Waals surface area contributed by atoms with Gasteiger partial charge in [-0.25, -0.2) is 4.79 Å². The minimum atomic E-state index is -1.03. The molecule has 0 radical (unpaired) electrons.